The molecule has 3 aromatic rings. The third-order valence-corrected chi connectivity index (χ3v) is 3.63. The van der Waals surface area contributed by atoms with Gasteiger partial charge in [0.25, 0.3) is 0 Å². The lowest BCUT2D eigenvalue weighted by Gasteiger charge is -2.14. The number of nitrogens with two attached hydrogens (primary N) is 1. The highest BCUT2D eigenvalue weighted by atomic mass is 16.5. The van der Waals surface area contributed by atoms with Crippen molar-refractivity contribution in [2.24, 2.45) is 5.73 Å². The van der Waals surface area contributed by atoms with Gasteiger partial charge in [0.2, 0.25) is 0 Å². The number of carboxylic acid groups (broad SMARTS) is 1. The van der Waals surface area contributed by atoms with Crippen LogP contribution in [0.3, 0.4) is 0 Å². The van der Waals surface area contributed by atoms with Gasteiger partial charge >= 0.3 is 5.97 Å². The molecule has 0 amide bonds. The van der Waals surface area contributed by atoms with Crippen LogP contribution < -0.4 is 10.5 Å². The summed E-state index contributed by atoms with van der Waals surface area (Å²) in [4.78, 5) is 15.7. The first-order valence-corrected chi connectivity index (χ1v) is 7.60. The van der Waals surface area contributed by atoms with Crippen molar-refractivity contribution in [1.82, 2.24) is 4.98 Å². The molecule has 1 aromatic heterocycles. The minimum Gasteiger partial charge on any atom is -0.491 e. The van der Waals surface area contributed by atoms with E-state index in [2.05, 4.69) is 4.98 Å². The zero-order valence-electron chi connectivity index (χ0n) is 13.2. The maximum atomic E-state index is 11.6. The van der Waals surface area contributed by atoms with Crippen molar-refractivity contribution in [3.63, 3.8) is 0 Å². The molecule has 3 N–H and O–H groups in total. The van der Waals surface area contributed by atoms with Crippen LogP contribution in [-0.2, 0) is 6.42 Å². The van der Waals surface area contributed by atoms with Gasteiger partial charge in [0.05, 0.1) is 0 Å². The van der Waals surface area contributed by atoms with Crippen LogP contribution in [-0.4, -0.2) is 28.7 Å². The number of ether oxygens (including phenoxy) is 1. The molecule has 0 aliphatic carbocycles. The molecule has 2 aromatic carbocycles. The molecule has 1 heterocycles. The Morgan fingerprint density at radius 3 is 2.75 bits per heavy atom. The highest BCUT2D eigenvalue weighted by molar-refractivity contribution is 6.02. The van der Waals surface area contributed by atoms with E-state index < -0.39 is 5.97 Å². The number of oxazole rings is 1. The number of rotatable bonds is 6. The Bertz CT molecular complexity index is 858. The lowest BCUT2D eigenvalue weighted by atomic mass is 10.1. The summed E-state index contributed by atoms with van der Waals surface area (Å²) in [6, 6.07) is 12.8. The normalized spacial score (nSPS) is 12.2. The van der Waals surface area contributed by atoms with Gasteiger partial charge in [0.15, 0.2) is 11.5 Å². The summed E-state index contributed by atoms with van der Waals surface area (Å²) in [5.74, 6) is -0.483. The Labute approximate surface area is 138 Å². The molecule has 0 unspecified atom stereocenters. The van der Waals surface area contributed by atoms with E-state index in [0.29, 0.717) is 17.8 Å². The second-order valence-corrected chi connectivity index (χ2v) is 5.59. The molecule has 0 saturated carbocycles. The Morgan fingerprint density at radius 2 is 2.04 bits per heavy atom. The molecule has 0 aliphatic rings. The van der Waals surface area contributed by atoms with Crippen molar-refractivity contribution in [3.05, 3.63) is 59.5 Å². The van der Waals surface area contributed by atoms with Gasteiger partial charge in [-0.15, -0.1) is 0 Å². The van der Waals surface area contributed by atoms with Gasteiger partial charge in [0, 0.05) is 13.0 Å². The minimum absolute atomic E-state index is 0.0278. The molecule has 3 rings (SSSR count). The fourth-order valence-corrected chi connectivity index (χ4v) is 2.58. The van der Waals surface area contributed by atoms with Crippen LogP contribution in [0.1, 0.15) is 21.8 Å². The van der Waals surface area contributed by atoms with E-state index in [4.69, 9.17) is 14.9 Å². The van der Waals surface area contributed by atoms with Gasteiger partial charge in [-0.3, -0.25) is 0 Å². The standard InChI is InChI=1S/C18H18N2O4/c1-11-20-14-7-8-15(16(18(21)22)17(14)24-11)23-10-13(19)9-12-5-3-2-4-6-12/h2-8,13H,9-10,19H2,1H3,(H,21,22)/t13-/m1/s1. The summed E-state index contributed by atoms with van der Waals surface area (Å²) in [7, 11) is 0. The summed E-state index contributed by atoms with van der Waals surface area (Å²) in [5, 5.41) is 9.47. The van der Waals surface area contributed by atoms with Gasteiger partial charge in [-0.2, -0.15) is 0 Å². The molecule has 124 valence electrons. The number of hydrogen-bond donors (Lipinski definition) is 2. The fraction of sp³-hybridized carbons (Fsp3) is 0.222. The van der Waals surface area contributed by atoms with E-state index in [1.807, 2.05) is 30.3 Å². The number of carboxylic acids is 1. The number of nitrogens with zero attached hydrogens (tertiary/aromatic N) is 1. The maximum Gasteiger partial charge on any atom is 0.343 e. The van der Waals surface area contributed by atoms with Crippen molar-refractivity contribution < 1.29 is 19.1 Å². The van der Waals surface area contributed by atoms with Crippen molar-refractivity contribution in [1.29, 1.82) is 0 Å². The van der Waals surface area contributed by atoms with Gasteiger partial charge < -0.3 is 20.0 Å². The summed E-state index contributed by atoms with van der Waals surface area (Å²) >= 11 is 0. The number of fused-ring (bicyclic) bond motifs is 1. The number of benzene rings is 2. The van der Waals surface area contributed by atoms with E-state index in [-0.39, 0.29) is 29.5 Å². The predicted molar refractivity (Wildman–Crippen MR) is 89.3 cm³/mol. The molecular formula is C18H18N2O4. The van der Waals surface area contributed by atoms with Gasteiger partial charge in [-0.1, -0.05) is 30.3 Å². The highest BCUT2D eigenvalue weighted by Crippen LogP contribution is 2.29. The van der Waals surface area contributed by atoms with Crippen molar-refractivity contribution >= 4 is 17.1 Å². The second kappa shape index (κ2) is 6.72. The van der Waals surface area contributed by atoms with Crippen LogP contribution in [0.5, 0.6) is 5.75 Å². The Kier molecular flexibility index (Phi) is 4.48. The SMILES string of the molecule is Cc1nc2ccc(OC[C@H](N)Cc3ccccc3)c(C(=O)O)c2o1. The van der Waals surface area contributed by atoms with Gasteiger partial charge in [-0.25, -0.2) is 9.78 Å². The van der Waals surface area contributed by atoms with Crippen LogP contribution >= 0.6 is 0 Å². The summed E-state index contributed by atoms with van der Waals surface area (Å²) < 4.78 is 11.1. The molecule has 0 aliphatic heterocycles. The molecule has 6 heteroatoms. The average molecular weight is 326 g/mol. The largest absolute Gasteiger partial charge is 0.491 e. The van der Waals surface area contributed by atoms with Crippen molar-refractivity contribution in [3.8, 4) is 5.75 Å². The highest BCUT2D eigenvalue weighted by Gasteiger charge is 2.20. The molecule has 24 heavy (non-hydrogen) atoms. The van der Waals surface area contributed by atoms with Crippen molar-refractivity contribution in [2.45, 2.75) is 19.4 Å². The molecule has 0 spiro atoms. The number of aryl methyl sites for hydroxylation is 1. The lowest BCUT2D eigenvalue weighted by Crippen LogP contribution is -2.30. The van der Waals surface area contributed by atoms with E-state index in [1.54, 1.807) is 19.1 Å². The third-order valence-electron chi connectivity index (χ3n) is 3.63. The molecule has 0 bridgehead atoms. The number of aromatic carboxylic acids is 1. The van der Waals surface area contributed by atoms with Crippen LogP contribution in [0.4, 0.5) is 0 Å². The smallest absolute Gasteiger partial charge is 0.343 e. The molecule has 0 saturated heterocycles. The second-order valence-electron chi connectivity index (χ2n) is 5.59. The van der Waals surface area contributed by atoms with Gasteiger partial charge in [-0.05, 0) is 24.1 Å². The quantitative estimate of drug-likeness (QED) is 0.722. The van der Waals surface area contributed by atoms with Crippen LogP contribution in [0.2, 0.25) is 0 Å². The zero-order chi connectivity index (χ0) is 17.1. The van der Waals surface area contributed by atoms with Crippen LogP contribution in [0, 0.1) is 6.92 Å². The third kappa shape index (κ3) is 3.38. The summed E-state index contributed by atoms with van der Waals surface area (Å²) in [6.07, 6.45) is 0.646. The number of carbonyl (C=O) groups is 1. The molecule has 0 fully saturated rings. The van der Waals surface area contributed by atoms with E-state index in [1.165, 1.54) is 0 Å². The fourth-order valence-electron chi connectivity index (χ4n) is 2.58. The molecule has 1 atom stereocenters. The Balaban J connectivity index is 1.77. The minimum atomic E-state index is -1.12. The first-order valence-electron chi connectivity index (χ1n) is 7.60. The Morgan fingerprint density at radius 1 is 1.29 bits per heavy atom. The number of hydrogen-bond acceptors (Lipinski definition) is 5. The summed E-state index contributed by atoms with van der Waals surface area (Å²) in [6.45, 7) is 1.87. The molecular weight excluding hydrogens is 308 g/mol. The topological polar surface area (TPSA) is 98.6 Å². The number of aromatic nitrogens is 1. The van der Waals surface area contributed by atoms with E-state index in [0.717, 1.165) is 5.56 Å². The Hall–Kier alpha value is -2.86. The summed E-state index contributed by atoms with van der Waals surface area (Å²) in [5.41, 5.74) is 7.87. The van der Waals surface area contributed by atoms with E-state index in [9.17, 15) is 9.90 Å². The van der Waals surface area contributed by atoms with E-state index >= 15 is 0 Å². The van der Waals surface area contributed by atoms with Crippen molar-refractivity contribution in [2.75, 3.05) is 6.61 Å². The predicted octanol–water partition coefficient (Wildman–Crippen LogP) is 2.78. The van der Waals surface area contributed by atoms with Crippen LogP contribution in [0.15, 0.2) is 46.9 Å². The first-order chi connectivity index (χ1) is 11.5. The zero-order valence-corrected chi connectivity index (χ0v) is 13.2. The first kappa shape index (κ1) is 16.0. The monoisotopic (exact) mass is 326 g/mol. The maximum absolute atomic E-state index is 11.6. The average Bonchev–Trinajstić information content (AvgIpc) is 2.93. The molecule has 0 radical (unpaired) electrons. The van der Waals surface area contributed by atoms with Gasteiger partial charge in [0.1, 0.15) is 23.4 Å². The lowest BCUT2D eigenvalue weighted by molar-refractivity contribution is 0.0693. The molecule has 6 nitrogen and oxygen atoms in total. The van der Waals surface area contributed by atoms with Crippen LogP contribution in [0.25, 0.3) is 11.1 Å².